The SMILES string of the molecule is CC1(C)S[C@@H]2[C@H]([C@H](O)C(=O)N(CC(N)=O)Cc3ccccc3)C(=O)N2[C@H]1C(=O)O. The van der Waals surface area contributed by atoms with Gasteiger partial charge in [-0.15, -0.1) is 11.8 Å². The number of aliphatic hydroxyl groups excluding tert-OH is 1. The van der Waals surface area contributed by atoms with Gasteiger partial charge in [0.25, 0.3) is 5.91 Å². The number of amides is 3. The maximum atomic E-state index is 12.9. The van der Waals surface area contributed by atoms with Gasteiger partial charge in [0.2, 0.25) is 11.8 Å². The highest BCUT2D eigenvalue weighted by atomic mass is 32.2. The molecular weight excluding hydrogens is 398 g/mol. The van der Waals surface area contributed by atoms with Crippen molar-refractivity contribution in [1.29, 1.82) is 0 Å². The van der Waals surface area contributed by atoms with Crippen molar-refractivity contribution in [3.8, 4) is 0 Å². The Morgan fingerprint density at radius 1 is 1.28 bits per heavy atom. The van der Waals surface area contributed by atoms with Gasteiger partial charge in [0.05, 0.1) is 11.9 Å². The Morgan fingerprint density at radius 2 is 1.90 bits per heavy atom. The second-order valence-electron chi connectivity index (χ2n) is 7.71. The Bertz CT molecular complexity index is 846. The van der Waals surface area contributed by atoms with Crippen molar-refractivity contribution >= 4 is 35.5 Å². The third-order valence-electron chi connectivity index (χ3n) is 5.18. The lowest BCUT2D eigenvalue weighted by Gasteiger charge is -2.45. The predicted molar refractivity (Wildman–Crippen MR) is 104 cm³/mol. The first-order valence-electron chi connectivity index (χ1n) is 9.06. The molecule has 1 aromatic carbocycles. The second-order valence-corrected chi connectivity index (χ2v) is 9.49. The van der Waals surface area contributed by atoms with Crippen LogP contribution in [-0.4, -0.2) is 72.5 Å². The lowest BCUT2D eigenvalue weighted by atomic mass is 9.87. The molecule has 29 heavy (non-hydrogen) atoms. The average molecular weight is 421 g/mol. The van der Waals surface area contributed by atoms with Crippen LogP contribution in [0.25, 0.3) is 0 Å². The zero-order valence-corrected chi connectivity index (χ0v) is 16.8. The van der Waals surface area contributed by atoms with E-state index in [1.807, 2.05) is 0 Å². The fourth-order valence-electron chi connectivity index (χ4n) is 3.88. The van der Waals surface area contributed by atoms with Gasteiger partial charge in [0.1, 0.15) is 18.1 Å². The van der Waals surface area contributed by atoms with Crippen LogP contribution < -0.4 is 5.73 Å². The number of hydrogen-bond donors (Lipinski definition) is 3. The summed E-state index contributed by atoms with van der Waals surface area (Å²) in [7, 11) is 0. The van der Waals surface area contributed by atoms with E-state index in [0.29, 0.717) is 0 Å². The smallest absolute Gasteiger partial charge is 0.327 e. The minimum absolute atomic E-state index is 0.0470. The Hall–Kier alpha value is -2.59. The second kappa shape index (κ2) is 7.68. The molecule has 3 amide bonds. The Labute approximate surface area is 171 Å². The highest BCUT2D eigenvalue weighted by molar-refractivity contribution is 8.01. The molecule has 0 aromatic heterocycles. The summed E-state index contributed by atoms with van der Waals surface area (Å²) >= 11 is 1.24. The van der Waals surface area contributed by atoms with Gasteiger partial charge in [-0.3, -0.25) is 14.4 Å². The molecule has 0 unspecified atom stereocenters. The van der Waals surface area contributed by atoms with Crippen LogP contribution in [0.3, 0.4) is 0 Å². The van der Waals surface area contributed by atoms with Crippen molar-refractivity contribution in [2.45, 2.75) is 42.7 Å². The quantitative estimate of drug-likeness (QED) is 0.510. The number of carbonyl (C=O) groups excluding carboxylic acids is 3. The number of aliphatic carboxylic acids is 1. The Morgan fingerprint density at radius 3 is 2.45 bits per heavy atom. The maximum absolute atomic E-state index is 12.9. The van der Waals surface area contributed by atoms with Gasteiger partial charge >= 0.3 is 5.97 Å². The summed E-state index contributed by atoms with van der Waals surface area (Å²) in [5.41, 5.74) is 5.98. The van der Waals surface area contributed by atoms with Gasteiger partial charge in [0, 0.05) is 11.3 Å². The fraction of sp³-hybridized carbons (Fsp3) is 0.474. The number of carboxylic acid groups (broad SMARTS) is 1. The minimum Gasteiger partial charge on any atom is -0.480 e. The first-order valence-corrected chi connectivity index (χ1v) is 9.94. The monoisotopic (exact) mass is 421 g/mol. The van der Waals surface area contributed by atoms with E-state index in [2.05, 4.69) is 0 Å². The van der Waals surface area contributed by atoms with Crippen molar-refractivity contribution in [2.75, 3.05) is 6.54 Å². The first kappa shape index (κ1) is 21.1. The average Bonchev–Trinajstić information content (AvgIpc) is 2.88. The van der Waals surface area contributed by atoms with Crippen LogP contribution in [0.15, 0.2) is 30.3 Å². The molecule has 9 nitrogen and oxygen atoms in total. The number of nitrogens with two attached hydrogens (primary N) is 1. The number of fused-ring (bicyclic) bond motifs is 1. The van der Waals surface area contributed by atoms with E-state index < -0.39 is 58.4 Å². The highest BCUT2D eigenvalue weighted by Gasteiger charge is 2.66. The molecule has 2 fully saturated rings. The van der Waals surface area contributed by atoms with E-state index in [4.69, 9.17) is 5.73 Å². The number of aliphatic hydroxyl groups is 1. The predicted octanol–water partition coefficient (Wildman–Crippen LogP) is -0.375. The van der Waals surface area contributed by atoms with Gasteiger partial charge in [-0.1, -0.05) is 30.3 Å². The van der Waals surface area contributed by atoms with E-state index in [9.17, 15) is 29.4 Å². The molecular formula is C19H23N3O6S. The molecule has 10 heteroatoms. The number of thioether (sulfide) groups is 1. The molecule has 2 heterocycles. The van der Waals surface area contributed by atoms with Crippen molar-refractivity contribution < 1.29 is 29.4 Å². The maximum Gasteiger partial charge on any atom is 0.327 e. The summed E-state index contributed by atoms with van der Waals surface area (Å²) in [4.78, 5) is 50.9. The molecule has 4 N–H and O–H groups in total. The van der Waals surface area contributed by atoms with Crippen molar-refractivity contribution in [2.24, 2.45) is 11.7 Å². The summed E-state index contributed by atoms with van der Waals surface area (Å²) in [5, 5.41) is 19.5. The van der Waals surface area contributed by atoms with E-state index in [0.717, 1.165) is 10.5 Å². The molecule has 2 aliphatic rings. The number of primary amides is 1. The van der Waals surface area contributed by atoms with Crippen LogP contribution in [0.4, 0.5) is 0 Å². The largest absolute Gasteiger partial charge is 0.480 e. The topological polar surface area (TPSA) is 141 Å². The Kier molecular flexibility index (Phi) is 5.59. The molecule has 0 radical (unpaired) electrons. The standard InChI is InChI=1S/C19H23N3O6S/c1-19(2)14(18(27)28)22-15(25)12(17(22)29-19)13(24)16(26)21(9-11(20)23)8-10-6-4-3-5-7-10/h3-7,12-14,17,24H,8-9H2,1-2H3,(H2,20,23)(H,27,28)/t12-,13+,14+,17-/m1/s1. The summed E-state index contributed by atoms with van der Waals surface area (Å²) in [6.07, 6.45) is -1.69. The molecule has 2 aliphatic heterocycles. The van der Waals surface area contributed by atoms with E-state index in [-0.39, 0.29) is 6.54 Å². The number of carbonyl (C=O) groups is 4. The molecule has 1 aromatic rings. The van der Waals surface area contributed by atoms with E-state index >= 15 is 0 Å². The molecule has 156 valence electrons. The third kappa shape index (κ3) is 3.82. The molecule has 4 atom stereocenters. The van der Waals surface area contributed by atoms with E-state index in [1.54, 1.807) is 44.2 Å². The van der Waals surface area contributed by atoms with E-state index in [1.165, 1.54) is 16.7 Å². The summed E-state index contributed by atoms with van der Waals surface area (Å²) in [5.74, 6) is -4.31. The molecule has 3 rings (SSSR count). The number of nitrogens with zero attached hydrogens (tertiary/aromatic N) is 2. The summed E-state index contributed by atoms with van der Waals surface area (Å²) in [6.45, 7) is 3.06. The van der Waals surface area contributed by atoms with Crippen LogP contribution in [0, 0.1) is 5.92 Å². The molecule has 0 aliphatic carbocycles. The molecule has 0 spiro atoms. The number of β-lactam (4-membered cyclic amide) rings is 1. The lowest BCUT2D eigenvalue weighted by molar-refractivity contribution is -0.173. The number of hydrogen-bond acceptors (Lipinski definition) is 6. The minimum atomic E-state index is -1.69. The van der Waals surface area contributed by atoms with Gasteiger partial charge in [0.15, 0.2) is 0 Å². The lowest BCUT2D eigenvalue weighted by Crippen LogP contribution is -2.67. The van der Waals surface area contributed by atoms with Gasteiger partial charge in [-0.05, 0) is 19.4 Å². The van der Waals surface area contributed by atoms with Crippen molar-refractivity contribution in [3.63, 3.8) is 0 Å². The molecule has 0 saturated carbocycles. The molecule has 2 saturated heterocycles. The van der Waals surface area contributed by atoms with Crippen LogP contribution in [0.1, 0.15) is 19.4 Å². The number of carboxylic acids is 1. The zero-order chi connectivity index (χ0) is 21.5. The summed E-state index contributed by atoms with van der Waals surface area (Å²) < 4.78 is -0.763. The van der Waals surface area contributed by atoms with Gasteiger partial charge in [-0.2, -0.15) is 0 Å². The Balaban J connectivity index is 1.78. The van der Waals surface area contributed by atoms with Crippen LogP contribution in [0.5, 0.6) is 0 Å². The highest BCUT2D eigenvalue weighted by Crippen LogP contribution is 2.54. The third-order valence-corrected chi connectivity index (χ3v) is 6.78. The van der Waals surface area contributed by atoms with Gasteiger partial charge < -0.3 is 25.7 Å². The van der Waals surface area contributed by atoms with Crippen LogP contribution in [0.2, 0.25) is 0 Å². The van der Waals surface area contributed by atoms with Crippen LogP contribution >= 0.6 is 11.8 Å². The van der Waals surface area contributed by atoms with Gasteiger partial charge in [-0.25, -0.2) is 4.79 Å². The summed E-state index contributed by atoms with van der Waals surface area (Å²) in [6, 6.07) is 7.84. The first-order chi connectivity index (χ1) is 13.5. The van der Waals surface area contributed by atoms with Crippen molar-refractivity contribution in [1.82, 2.24) is 9.80 Å². The zero-order valence-electron chi connectivity index (χ0n) is 16.0. The normalized spacial score (nSPS) is 25.7. The fourth-order valence-corrected chi connectivity index (χ4v) is 5.59. The van der Waals surface area contributed by atoms with Crippen LogP contribution in [-0.2, 0) is 25.7 Å². The number of benzene rings is 1. The van der Waals surface area contributed by atoms with Crippen molar-refractivity contribution in [3.05, 3.63) is 35.9 Å². The number of rotatable bonds is 7. The molecule has 0 bridgehead atoms.